The second kappa shape index (κ2) is 5.23. The molecule has 4 nitrogen and oxygen atoms in total. The summed E-state index contributed by atoms with van der Waals surface area (Å²) < 4.78 is 5.28. The van der Waals surface area contributed by atoms with Gasteiger partial charge in [-0.1, -0.05) is 0 Å². The van der Waals surface area contributed by atoms with Crippen LogP contribution in [0, 0.1) is 6.92 Å². The molecule has 0 saturated heterocycles. The highest BCUT2D eigenvalue weighted by molar-refractivity contribution is 5.41. The van der Waals surface area contributed by atoms with Crippen LogP contribution in [-0.4, -0.2) is 17.1 Å². The van der Waals surface area contributed by atoms with Crippen molar-refractivity contribution in [3.63, 3.8) is 0 Å². The van der Waals surface area contributed by atoms with E-state index in [4.69, 9.17) is 4.42 Å². The molecule has 0 fully saturated rings. The van der Waals surface area contributed by atoms with Gasteiger partial charge in [0.15, 0.2) is 0 Å². The van der Waals surface area contributed by atoms with Crippen LogP contribution in [0.4, 0.5) is 5.82 Å². The van der Waals surface area contributed by atoms with Gasteiger partial charge in [0.1, 0.15) is 11.6 Å². The summed E-state index contributed by atoms with van der Waals surface area (Å²) in [4.78, 5) is 6.35. The first-order chi connectivity index (χ1) is 8.58. The Labute approximate surface area is 107 Å². The molecule has 0 aliphatic carbocycles. The Balaban J connectivity index is 2.16. The maximum atomic E-state index is 9.57. The minimum absolute atomic E-state index is 0.476. The van der Waals surface area contributed by atoms with Gasteiger partial charge < -0.3 is 14.4 Å². The maximum absolute atomic E-state index is 9.57. The standard InChI is InChI=1S/C14H18N2O2/c1-10(17)12-4-6-15-14(8-12)16(3)9-13-5-7-18-11(13)2/h4-8,10,17H,9H2,1-3H3/t10-/m0/s1. The molecule has 4 heteroatoms. The third-order valence-electron chi connectivity index (χ3n) is 3.02. The number of aliphatic hydroxyl groups is 1. The molecule has 0 aliphatic rings. The van der Waals surface area contributed by atoms with Crippen LogP contribution in [0.25, 0.3) is 0 Å². The predicted molar refractivity (Wildman–Crippen MR) is 70.4 cm³/mol. The summed E-state index contributed by atoms with van der Waals surface area (Å²) in [5, 5.41) is 9.57. The van der Waals surface area contributed by atoms with E-state index in [1.165, 1.54) is 0 Å². The molecular weight excluding hydrogens is 228 g/mol. The number of hydrogen-bond donors (Lipinski definition) is 1. The van der Waals surface area contributed by atoms with Gasteiger partial charge in [-0.25, -0.2) is 4.98 Å². The summed E-state index contributed by atoms with van der Waals surface area (Å²) in [6.07, 6.45) is 2.93. The molecule has 0 amide bonds. The summed E-state index contributed by atoms with van der Waals surface area (Å²) >= 11 is 0. The van der Waals surface area contributed by atoms with E-state index in [9.17, 15) is 5.11 Å². The maximum Gasteiger partial charge on any atom is 0.128 e. The lowest BCUT2D eigenvalue weighted by molar-refractivity contribution is 0.199. The number of aromatic nitrogens is 1. The van der Waals surface area contributed by atoms with Gasteiger partial charge in [0.2, 0.25) is 0 Å². The third-order valence-corrected chi connectivity index (χ3v) is 3.02. The van der Waals surface area contributed by atoms with Gasteiger partial charge in [-0.2, -0.15) is 0 Å². The van der Waals surface area contributed by atoms with Crippen LogP contribution in [0.3, 0.4) is 0 Å². The fourth-order valence-electron chi connectivity index (χ4n) is 1.81. The van der Waals surface area contributed by atoms with E-state index in [0.29, 0.717) is 0 Å². The normalized spacial score (nSPS) is 12.4. The smallest absolute Gasteiger partial charge is 0.128 e. The molecule has 2 rings (SSSR count). The first kappa shape index (κ1) is 12.6. The van der Waals surface area contributed by atoms with E-state index in [0.717, 1.165) is 29.2 Å². The molecule has 0 radical (unpaired) electrons. The van der Waals surface area contributed by atoms with Crippen molar-refractivity contribution in [1.82, 2.24) is 4.98 Å². The van der Waals surface area contributed by atoms with Crippen molar-refractivity contribution in [1.29, 1.82) is 0 Å². The lowest BCUT2D eigenvalue weighted by Crippen LogP contribution is -2.18. The van der Waals surface area contributed by atoms with Crippen LogP contribution in [0.5, 0.6) is 0 Å². The second-order valence-corrected chi connectivity index (χ2v) is 4.48. The number of hydrogen-bond acceptors (Lipinski definition) is 4. The second-order valence-electron chi connectivity index (χ2n) is 4.48. The van der Waals surface area contributed by atoms with Gasteiger partial charge in [0.05, 0.1) is 12.4 Å². The molecule has 2 heterocycles. The molecule has 96 valence electrons. The summed E-state index contributed by atoms with van der Waals surface area (Å²) in [7, 11) is 1.97. The number of aliphatic hydroxyl groups excluding tert-OH is 1. The number of nitrogens with zero attached hydrogens (tertiary/aromatic N) is 2. The molecule has 0 bridgehead atoms. The van der Waals surface area contributed by atoms with Crippen LogP contribution in [0.2, 0.25) is 0 Å². The molecular formula is C14H18N2O2. The minimum Gasteiger partial charge on any atom is -0.469 e. The average molecular weight is 246 g/mol. The lowest BCUT2D eigenvalue weighted by atomic mass is 10.1. The summed E-state index contributed by atoms with van der Waals surface area (Å²) in [6, 6.07) is 5.69. The van der Waals surface area contributed by atoms with Crippen LogP contribution >= 0.6 is 0 Å². The van der Waals surface area contributed by atoms with Crippen molar-refractivity contribution in [2.24, 2.45) is 0 Å². The fourth-order valence-corrected chi connectivity index (χ4v) is 1.81. The van der Waals surface area contributed by atoms with Gasteiger partial charge in [0, 0.05) is 25.4 Å². The Kier molecular flexibility index (Phi) is 3.67. The number of pyridine rings is 1. The zero-order valence-corrected chi connectivity index (χ0v) is 10.9. The molecule has 2 aromatic heterocycles. The van der Waals surface area contributed by atoms with Crippen molar-refractivity contribution in [3.05, 3.63) is 47.5 Å². The molecule has 0 saturated carbocycles. The van der Waals surface area contributed by atoms with E-state index < -0.39 is 6.10 Å². The molecule has 0 aliphatic heterocycles. The van der Waals surface area contributed by atoms with Crippen LogP contribution in [0.15, 0.2) is 35.1 Å². The van der Waals surface area contributed by atoms with E-state index in [1.807, 2.05) is 37.1 Å². The summed E-state index contributed by atoms with van der Waals surface area (Å²) in [6.45, 7) is 4.43. The van der Waals surface area contributed by atoms with Gasteiger partial charge >= 0.3 is 0 Å². The van der Waals surface area contributed by atoms with E-state index in [1.54, 1.807) is 19.4 Å². The first-order valence-electron chi connectivity index (χ1n) is 5.96. The zero-order valence-electron chi connectivity index (χ0n) is 10.9. The monoisotopic (exact) mass is 246 g/mol. The molecule has 18 heavy (non-hydrogen) atoms. The van der Waals surface area contributed by atoms with Crippen molar-refractivity contribution in [2.75, 3.05) is 11.9 Å². The Bertz CT molecular complexity index is 520. The van der Waals surface area contributed by atoms with Gasteiger partial charge in [-0.15, -0.1) is 0 Å². The predicted octanol–water partition coefficient (Wildman–Crippen LogP) is 2.67. The quantitative estimate of drug-likeness (QED) is 0.901. The highest BCUT2D eigenvalue weighted by Crippen LogP contribution is 2.19. The molecule has 2 aromatic rings. The molecule has 1 atom stereocenters. The number of anilines is 1. The molecule has 0 aromatic carbocycles. The van der Waals surface area contributed by atoms with Gasteiger partial charge in [-0.3, -0.25) is 0 Å². The van der Waals surface area contributed by atoms with Crippen molar-refractivity contribution in [2.45, 2.75) is 26.5 Å². The zero-order chi connectivity index (χ0) is 13.1. The lowest BCUT2D eigenvalue weighted by Gasteiger charge is -2.18. The van der Waals surface area contributed by atoms with Crippen LogP contribution in [0.1, 0.15) is 29.9 Å². The number of rotatable bonds is 4. The van der Waals surface area contributed by atoms with E-state index >= 15 is 0 Å². The Morgan fingerprint density at radius 3 is 2.83 bits per heavy atom. The molecule has 0 spiro atoms. The van der Waals surface area contributed by atoms with Gasteiger partial charge in [-0.05, 0) is 37.6 Å². The highest BCUT2D eigenvalue weighted by Gasteiger charge is 2.09. The number of aryl methyl sites for hydroxylation is 1. The largest absolute Gasteiger partial charge is 0.469 e. The van der Waals surface area contributed by atoms with E-state index in [2.05, 4.69) is 4.98 Å². The topological polar surface area (TPSA) is 49.5 Å². The highest BCUT2D eigenvalue weighted by atomic mass is 16.3. The first-order valence-corrected chi connectivity index (χ1v) is 5.96. The third kappa shape index (κ3) is 2.71. The van der Waals surface area contributed by atoms with Crippen LogP contribution in [-0.2, 0) is 6.54 Å². The SMILES string of the molecule is Cc1occc1CN(C)c1cc([C@H](C)O)ccn1. The minimum atomic E-state index is -0.476. The van der Waals surface area contributed by atoms with Gasteiger partial charge in [0.25, 0.3) is 0 Å². The summed E-state index contributed by atoms with van der Waals surface area (Å²) in [5.74, 6) is 1.77. The van der Waals surface area contributed by atoms with Crippen molar-refractivity contribution >= 4 is 5.82 Å². The average Bonchev–Trinajstić information content (AvgIpc) is 2.75. The van der Waals surface area contributed by atoms with Crippen LogP contribution < -0.4 is 4.90 Å². The number of furan rings is 1. The Hall–Kier alpha value is -1.81. The molecule has 0 unspecified atom stereocenters. The molecule has 1 N–H and O–H groups in total. The Morgan fingerprint density at radius 1 is 1.44 bits per heavy atom. The van der Waals surface area contributed by atoms with E-state index in [-0.39, 0.29) is 0 Å². The van der Waals surface area contributed by atoms with Crippen molar-refractivity contribution < 1.29 is 9.52 Å². The Morgan fingerprint density at radius 2 is 2.22 bits per heavy atom. The fraction of sp³-hybridized carbons (Fsp3) is 0.357. The summed E-state index contributed by atoms with van der Waals surface area (Å²) in [5.41, 5.74) is 2.01. The van der Waals surface area contributed by atoms with Crippen molar-refractivity contribution in [3.8, 4) is 0 Å².